The van der Waals surface area contributed by atoms with E-state index >= 15 is 0 Å². The van der Waals surface area contributed by atoms with Crippen LogP contribution in [0, 0.1) is 0 Å². The van der Waals surface area contributed by atoms with E-state index in [1.165, 1.54) is 11.1 Å². The number of carbonyl (C=O) groups excluding carboxylic acids is 1. The number of quaternary nitrogens is 1. The summed E-state index contributed by atoms with van der Waals surface area (Å²) in [5.74, 6) is 0.174. The first-order valence-electron chi connectivity index (χ1n) is 8.90. The first-order valence-corrected chi connectivity index (χ1v) is 8.90. The SMILES string of the molecule is CCOC(=O)/C=C/[C@H]1[C@H](c2ccccc2)C[N@+]1(C)Cc1ccccc1. The number of likely N-dealkylation sites (N-methyl/N-ethyl adjacent to an activating group) is 1. The summed E-state index contributed by atoms with van der Waals surface area (Å²) in [6.07, 6.45) is 3.65. The molecule has 1 fully saturated rings. The molecule has 3 atom stereocenters. The van der Waals surface area contributed by atoms with Gasteiger partial charge in [-0.1, -0.05) is 60.7 Å². The third kappa shape index (κ3) is 3.99. The van der Waals surface area contributed by atoms with Gasteiger partial charge in [-0.2, -0.15) is 0 Å². The van der Waals surface area contributed by atoms with Gasteiger partial charge < -0.3 is 9.22 Å². The van der Waals surface area contributed by atoms with Crippen molar-refractivity contribution in [3.63, 3.8) is 0 Å². The molecule has 3 rings (SSSR count). The second-order valence-electron chi connectivity index (χ2n) is 6.92. The Bertz CT molecular complexity index is 726. The standard InChI is InChI=1S/C22H26NO2/c1-3-25-22(24)15-14-21-20(19-12-8-5-9-13-19)17-23(21,2)16-18-10-6-4-7-11-18/h4-15,20-21H,3,16-17H2,1-2H3/q+1/b15-14+/t20-,21-,23-/m0/s1. The molecule has 0 amide bonds. The van der Waals surface area contributed by atoms with Crippen molar-refractivity contribution in [2.75, 3.05) is 20.2 Å². The summed E-state index contributed by atoms with van der Waals surface area (Å²) in [7, 11) is 2.27. The largest absolute Gasteiger partial charge is 0.463 e. The van der Waals surface area contributed by atoms with Crippen LogP contribution in [0.1, 0.15) is 24.0 Å². The van der Waals surface area contributed by atoms with Gasteiger partial charge in [-0.25, -0.2) is 4.79 Å². The Morgan fingerprint density at radius 3 is 2.40 bits per heavy atom. The molecule has 0 spiro atoms. The first kappa shape index (κ1) is 17.4. The van der Waals surface area contributed by atoms with Crippen molar-refractivity contribution in [2.45, 2.75) is 25.4 Å². The van der Waals surface area contributed by atoms with Crippen molar-refractivity contribution in [3.05, 3.63) is 83.9 Å². The molecule has 0 N–H and O–H groups in total. The minimum absolute atomic E-state index is 0.257. The van der Waals surface area contributed by atoms with Crippen molar-refractivity contribution in [3.8, 4) is 0 Å². The Hall–Kier alpha value is -2.39. The number of hydrogen-bond donors (Lipinski definition) is 0. The number of benzene rings is 2. The molecule has 2 aromatic carbocycles. The monoisotopic (exact) mass is 336 g/mol. The fraction of sp³-hybridized carbons (Fsp3) is 0.318. The molecule has 0 aliphatic carbocycles. The summed E-state index contributed by atoms with van der Waals surface area (Å²) >= 11 is 0. The first-order chi connectivity index (χ1) is 12.1. The van der Waals surface area contributed by atoms with Crippen molar-refractivity contribution in [2.24, 2.45) is 0 Å². The molecule has 1 heterocycles. The number of ether oxygens (including phenoxy) is 1. The second kappa shape index (κ2) is 7.66. The van der Waals surface area contributed by atoms with Crippen molar-refractivity contribution < 1.29 is 14.0 Å². The van der Waals surface area contributed by atoms with Crippen LogP contribution in [0.4, 0.5) is 0 Å². The van der Waals surface area contributed by atoms with E-state index in [2.05, 4.69) is 55.6 Å². The van der Waals surface area contributed by atoms with E-state index in [1.807, 2.05) is 25.1 Å². The Morgan fingerprint density at radius 1 is 1.12 bits per heavy atom. The predicted molar refractivity (Wildman–Crippen MR) is 99.9 cm³/mol. The van der Waals surface area contributed by atoms with Crippen LogP contribution in [0.25, 0.3) is 0 Å². The lowest BCUT2D eigenvalue weighted by atomic mass is 9.79. The third-order valence-corrected chi connectivity index (χ3v) is 5.08. The highest BCUT2D eigenvalue weighted by Crippen LogP contribution is 2.41. The van der Waals surface area contributed by atoms with E-state index in [-0.39, 0.29) is 12.0 Å². The van der Waals surface area contributed by atoms with Crippen molar-refractivity contribution in [1.82, 2.24) is 0 Å². The van der Waals surface area contributed by atoms with Crippen molar-refractivity contribution >= 4 is 5.97 Å². The molecule has 3 heteroatoms. The third-order valence-electron chi connectivity index (χ3n) is 5.08. The van der Waals surface area contributed by atoms with E-state index in [0.717, 1.165) is 17.6 Å². The zero-order chi connectivity index (χ0) is 17.7. The molecular formula is C22H26NO2+. The molecule has 25 heavy (non-hydrogen) atoms. The predicted octanol–water partition coefficient (Wildman–Crippen LogP) is 3.92. The number of hydrogen-bond acceptors (Lipinski definition) is 2. The molecule has 0 bridgehead atoms. The van der Waals surface area contributed by atoms with Crippen LogP contribution in [0.15, 0.2) is 72.8 Å². The lowest BCUT2D eigenvalue weighted by molar-refractivity contribution is -0.982. The van der Waals surface area contributed by atoms with Crippen molar-refractivity contribution in [1.29, 1.82) is 0 Å². The molecule has 1 aliphatic heterocycles. The van der Waals surface area contributed by atoms with E-state index < -0.39 is 0 Å². The maximum absolute atomic E-state index is 11.8. The van der Waals surface area contributed by atoms with Gasteiger partial charge in [0.2, 0.25) is 0 Å². The maximum Gasteiger partial charge on any atom is 0.330 e. The summed E-state index contributed by atoms with van der Waals surface area (Å²) in [6.45, 7) is 4.27. The highest BCUT2D eigenvalue weighted by molar-refractivity contribution is 5.82. The average Bonchev–Trinajstić information content (AvgIpc) is 2.62. The van der Waals surface area contributed by atoms with E-state index in [1.54, 1.807) is 6.08 Å². The molecule has 0 saturated carbocycles. The highest BCUT2D eigenvalue weighted by Gasteiger charge is 2.50. The lowest BCUT2D eigenvalue weighted by Gasteiger charge is -2.54. The van der Waals surface area contributed by atoms with Gasteiger partial charge in [0.15, 0.2) is 0 Å². The number of esters is 1. The van der Waals surface area contributed by atoms with Gasteiger partial charge in [0.25, 0.3) is 0 Å². The molecule has 130 valence electrons. The fourth-order valence-electron chi connectivity index (χ4n) is 3.86. The zero-order valence-corrected chi connectivity index (χ0v) is 15.0. The summed E-state index contributed by atoms with van der Waals surface area (Å²) in [6, 6.07) is 21.4. The quantitative estimate of drug-likeness (QED) is 0.454. The van der Waals surface area contributed by atoms with E-state index in [9.17, 15) is 4.79 Å². The Balaban J connectivity index is 1.81. The van der Waals surface area contributed by atoms with Crippen LogP contribution in [0.5, 0.6) is 0 Å². The Morgan fingerprint density at radius 2 is 1.76 bits per heavy atom. The van der Waals surface area contributed by atoms with Crippen LogP contribution in [0.2, 0.25) is 0 Å². The highest BCUT2D eigenvalue weighted by atomic mass is 16.5. The Labute approximate surface area is 150 Å². The molecule has 1 saturated heterocycles. The summed E-state index contributed by atoms with van der Waals surface area (Å²) in [5.41, 5.74) is 2.66. The van der Waals surface area contributed by atoms with Gasteiger partial charge in [0.05, 0.1) is 26.1 Å². The number of nitrogens with zero attached hydrogens (tertiary/aromatic N) is 1. The van der Waals surface area contributed by atoms with E-state index in [4.69, 9.17) is 4.74 Å². The van der Waals surface area contributed by atoms with Crippen LogP contribution in [0.3, 0.4) is 0 Å². The normalized spacial score (nSPS) is 25.5. The number of likely N-dealkylation sites (tertiary alicyclic amines) is 1. The molecule has 3 nitrogen and oxygen atoms in total. The molecule has 2 aromatic rings. The van der Waals surface area contributed by atoms with Crippen LogP contribution >= 0.6 is 0 Å². The van der Waals surface area contributed by atoms with Gasteiger partial charge in [-0.15, -0.1) is 0 Å². The molecule has 1 aliphatic rings. The van der Waals surface area contributed by atoms with Crippen LogP contribution < -0.4 is 0 Å². The minimum atomic E-state index is -0.257. The second-order valence-corrected chi connectivity index (χ2v) is 6.92. The zero-order valence-electron chi connectivity index (χ0n) is 15.0. The lowest BCUT2D eigenvalue weighted by Crippen LogP contribution is -2.65. The molecule has 0 unspecified atom stereocenters. The summed E-state index contributed by atoms with van der Waals surface area (Å²) < 4.78 is 5.96. The van der Waals surface area contributed by atoms with Gasteiger partial charge in [-0.05, 0) is 18.6 Å². The number of rotatable bonds is 6. The van der Waals surface area contributed by atoms with E-state index in [0.29, 0.717) is 12.5 Å². The summed E-state index contributed by atoms with van der Waals surface area (Å²) in [4.78, 5) is 11.8. The van der Waals surface area contributed by atoms with Gasteiger partial charge >= 0.3 is 5.97 Å². The number of carbonyl (C=O) groups is 1. The van der Waals surface area contributed by atoms with Crippen LogP contribution in [-0.2, 0) is 16.1 Å². The Kier molecular flexibility index (Phi) is 5.34. The maximum atomic E-state index is 11.8. The average molecular weight is 336 g/mol. The minimum Gasteiger partial charge on any atom is -0.463 e. The molecule has 0 aromatic heterocycles. The van der Waals surface area contributed by atoms with Gasteiger partial charge in [0, 0.05) is 11.6 Å². The molecule has 0 radical (unpaired) electrons. The smallest absolute Gasteiger partial charge is 0.330 e. The van der Waals surface area contributed by atoms with Gasteiger partial charge in [0.1, 0.15) is 12.6 Å². The molecular weight excluding hydrogens is 310 g/mol. The van der Waals surface area contributed by atoms with Gasteiger partial charge in [-0.3, -0.25) is 0 Å². The van der Waals surface area contributed by atoms with Crippen LogP contribution in [-0.4, -0.2) is 36.7 Å². The fourth-order valence-corrected chi connectivity index (χ4v) is 3.86. The topological polar surface area (TPSA) is 26.3 Å². The summed E-state index contributed by atoms with van der Waals surface area (Å²) in [5, 5.41) is 0.